The lowest BCUT2D eigenvalue weighted by atomic mass is 9.93. The Morgan fingerprint density at radius 1 is 0.941 bits per heavy atom. The van der Waals surface area contributed by atoms with E-state index >= 15 is 0 Å². The first-order chi connectivity index (χ1) is 16.3. The number of aliphatic hydroxyl groups is 1. The zero-order chi connectivity index (χ0) is 25.0. The Labute approximate surface area is 198 Å². The van der Waals surface area contributed by atoms with E-state index in [1.807, 2.05) is 0 Å². The van der Waals surface area contributed by atoms with Gasteiger partial charge in [0.1, 0.15) is 11.5 Å². The molecule has 34 heavy (non-hydrogen) atoms. The van der Waals surface area contributed by atoms with Gasteiger partial charge in [-0.3, -0.25) is 9.59 Å². The number of carbonyl (C=O) groups is 2. The van der Waals surface area contributed by atoms with Crippen LogP contribution in [0.5, 0.6) is 23.0 Å². The van der Waals surface area contributed by atoms with Crippen LogP contribution in [0.1, 0.15) is 22.7 Å². The Morgan fingerprint density at radius 3 is 2.09 bits per heavy atom. The average molecular weight is 472 g/mol. The second kappa shape index (κ2) is 10.5. The highest BCUT2D eigenvalue weighted by atomic mass is 16.5. The molecule has 182 valence electrons. The molecule has 0 saturated carbocycles. The van der Waals surface area contributed by atoms with Crippen molar-refractivity contribution in [1.82, 2.24) is 4.90 Å². The number of carbonyl (C=O) groups excluding carboxylic acids is 2. The summed E-state index contributed by atoms with van der Waals surface area (Å²) in [6.07, 6.45) is 0. The summed E-state index contributed by atoms with van der Waals surface area (Å²) in [7, 11) is 7.48. The van der Waals surface area contributed by atoms with Gasteiger partial charge in [0.25, 0.3) is 11.7 Å². The van der Waals surface area contributed by atoms with Crippen LogP contribution in [0.15, 0.2) is 35.9 Å². The Morgan fingerprint density at radius 2 is 1.59 bits per heavy atom. The van der Waals surface area contributed by atoms with E-state index in [0.717, 1.165) is 0 Å². The van der Waals surface area contributed by atoms with Crippen LogP contribution in [0.25, 0.3) is 5.76 Å². The first kappa shape index (κ1) is 24.9. The number of ketones is 1. The number of likely N-dealkylation sites (tertiary alicyclic amines) is 1. The Bertz CT molecular complexity index is 1100. The molecular weight excluding hydrogens is 442 g/mol. The van der Waals surface area contributed by atoms with Crippen LogP contribution in [0.4, 0.5) is 0 Å². The summed E-state index contributed by atoms with van der Waals surface area (Å²) >= 11 is 0. The van der Waals surface area contributed by atoms with Gasteiger partial charge >= 0.3 is 0 Å². The van der Waals surface area contributed by atoms with Gasteiger partial charge in [-0.2, -0.15) is 0 Å². The van der Waals surface area contributed by atoms with Gasteiger partial charge in [-0.25, -0.2) is 0 Å². The number of hydrogen-bond donors (Lipinski definition) is 1. The number of Topliss-reactive ketones (excluding diaryl/α,β-unsaturated/α-hetero) is 1. The van der Waals surface area contributed by atoms with Gasteiger partial charge in [0.15, 0.2) is 11.5 Å². The molecule has 0 bridgehead atoms. The molecule has 3 rings (SSSR count). The number of ether oxygens (including phenoxy) is 5. The van der Waals surface area contributed by atoms with Gasteiger partial charge in [-0.15, -0.1) is 0 Å². The second-order valence-electron chi connectivity index (χ2n) is 7.62. The lowest BCUT2D eigenvalue weighted by Crippen LogP contribution is -2.32. The summed E-state index contributed by atoms with van der Waals surface area (Å²) in [5, 5.41) is 11.3. The fourth-order valence-corrected chi connectivity index (χ4v) is 4.08. The van der Waals surface area contributed by atoms with Crippen LogP contribution < -0.4 is 18.9 Å². The van der Waals surface area contributed by atoms with E-state index in [4.69, 9.17) is 23.7 Å². The number of rotatable bonds is 9. The molecule has 1 N–H and O–H groups in total. The Kier molecular flexibility index (Phi) is 7.68. The topological polar surface area (TPSA) is 104 Å². The van der Waals surface area contributed by atoms with Crippen molar-refractivity contribution in [1.29, 1.82) is 0 Å². The number of nitrogens with zero attached hydrogens (tertiary/aromatic N) is 1. The molecule has 1 aliphatic rings. The maximum Gasteiger partial charge on any atom is 0.295 e. The third kappa shape index (κ3) is 4.38. The molecule has 1 heterocycles. The van der Waals surface area contributed by atoms with Crippen LogP contribution in [-0.4, -0.2) is 70.4 Å². The number of amides is 1. The minimum absolute atomic E-state index is 0.0383. The molecule has 9 nitrogen and oxygen atoms in total. The molecule has 0 aromatic heterocycles. The van der Waals surface area contributed by atoms with E-state index < -0.39 is 17.7 Å². The average Bonchev–Trinajstić information content (AvgIpc) is 3.10. The summed E-state index contributed by atoms with van der Waals surface area (Å²) in [5.41, 5.74) is 1.58. The van der Waals surface area contributed by atoms with Crippen LogP contribution >= 0.6 is 0 Å². The summed E-state index contributed by atoms with van der Waals surface area (Å²) in [6, 6.07) is 7.49. The fraction of sp³-hybridized carbons (Fsp3) is 0.360. The first-order valence-electron chi connectivity index (χ1n) is 10.5. The van der Waals surface area contributed by atoms with E-state index in [0.29, 0.717) is 39.7 Å². The van der Waals surface area contributed by atoms with Crippen molar-refractivity contribution in [2.75, 3.05) is 48.7 Å². The maximum atomic E-state index is 13.2. The van der Waals surface area contributed by atoms with E-state index in [1.165, 1.54) is 33.3 Å². The lowest BCUT2D eigenvalue weighted by Gasteiger charge is -2.26. The molecule has 1 amide bonds. The standard InChI is InChI=1S/C25H29NO8/c1-14-11-16(31-3)7-8-17(14)22(27)20-21(26(9-10-30-2)25(29)23(20)28)15-12-18(32-4)24(34-6)19(13-15)33-5/h7-8,11-13,21,27H,9-10H2,1-6H3/b22-20+/t21-/m0/s1. The minimum Gasteiger partial charge on any atom is -0.507 e. The highest BCUT2D eigenvalue weighted by Gasteiger charge is 2.46. The van der Waals surface area contributed by atoms with Gasteiger partial charge in [-0.05, 0) is 48.4 Å². The van der Waals surface area contributed by atoms with E-state index in [9.17, 15) is 14.7 Å². The van der Waals surface area contributed by atoms with Crippen molar-refractivity contribution in [2.45, 2.75) is 13.0 Å². The highest BCUT2D eigenvalue weighted by molar-refractivity contribution is 6.46. The van der Waals surface area contributed by atoms with Crippen LogP contribution in [0.3, 0.4) is 0 Å². The third-order valence-electron chi connectivity index (χ3n) is 5.77. The fourth-order valence-electron chi connectivity index (χ4n) is 4.08. The first-order valence-corrected chi connectivity index (χ1v) is 10.5. The molecule has 9 heteroatoms. The number of methoxy groups -OCH3 is 5. The van der Waals surface area contributed by atoms with Gasteiger partial charge in [0.2, 0.25) is 5.75 Å². The quantitative estimate of drug-likeness (QED) is 0.338. The van der Waals surface area contributed by atoms with Crippen molar-refractivity contribution in [2.24, 2.45) is 0 Å². The van der Waals surface area contributed by atoms with Crippen molar-refractivity contribution in [3.8, 4) is 23.0 Å². The number of hydrogen-bond acceptors (Lipinski definition) is 8. The van der Waals surface area contributed by atoms with Crippen molar-refractivity contribution in [3.05, 3.63) is 52.6 Å². The molecule has 0 radical (unpaired) electrons. The van der Waals surface area contributed by atoms with Crippen molar-refractivity contribution < 1.29 is 38.4 Å². The molecule has 0 spiro atoms. The Balaban J connectivity index is 2.28. The summed E-state index contributed by atoms with van der Waals surface area (Å²) < 4.78 is 26.7. The number of aryl methyl sites for hydroxylation is 1. The third-order valence-corrected chi connectivity index (χ3v) is 5.77. The van der Waals surface area contributed by atoms with E-state index in [1.54, 1.807) is 44.4 Å². The van der Waals surface area contributed by atoms with Crippen LogP contribution in [-0.2, 0) is 14.3 Å². The molecule has 1 aliphatic heterocycles. The monoisotopic (exact) mass is 471 g/mol. The molecule has 0 aliphatic carbocycles. The van der Waals surface area contributed by atoms with Gasteiger partial charge < -0.3 is 33.7 Å². The van der Waals surface area contributed by atoms with E-state index in [-0.39, 0.29) is 24.5 Å². The summed E-state index contributed by atoms with van der Waals surface area (Å²) in [4.78, 5) is 27.6. The maximum absolute atomic E-state index is 13.2. The predicted molar refractivity (Wildman–Crippen MR) is 125 cm³/mol. The van der Waals surface area contributed by atoms with Gasteiger partial charge in [0.05, 0.1) is 46.7 Å². The van der Waals surface area contributed by atoms with Crippen molar-refractivity contribution in [3.63, 3.8) is 0 Å². The number of benzene rings is 2. The molecular formula is C25H29NO8. The molecule has 1 atom stereocenters. The van der Waals surface area contributed by atoms with E-state index in [2.05, 4.69) is 0 Å². The molecule has 2 aromatic carbocycles. The summed E-state index contributed by atoms with van der Waals surface area (Å²) in [6.45, 7) is 2.13. The van der Waals surface area contributed by atoms with Gasteiger partial charge in [-0.1, -0.05) is 0 Å². The smallest absolute Gasteiger partial charge is 0.295 e. The number of aliphatic hydroxyl groups excluding tert-OH is 1. The zero-order valence-corrected chi connectivity index (χ0v) is 20.1. The predicted octanol–water partition coefficient (Wildman–Crippen LogP) is 3.10. The normalized spacial score (nSPS) is 17.1. The Hall–Kier alpha value is -3.72. The molecule has 1 saturated heterocycles. The SMILES string of the molecule is COCCN1C(=O)C(=O)/C(=C(/O)c2ccc(OC)cc2C)[C@@H]1c1cc(OC)c(OC)c(OC)c1. The molecule has 2 aromatic rings. The summed E-state index contributed by atoms with van der Waals surface area (Å²) in [5.74, 6) is -0.114. The molecule has 0 unspecified atom stereocenters. The van der Waals surface area contributed by atoms with Crippen molar-refractivity contribution >= 4 is 17.4 Å². The molecule has 1 fully saturated rings. The van der Waals surface area contributed by atoms with Gasteiger partial charge in [0, 0.05) is 19.2 Å². The largest absolute Gasteiger partial charge is 0.507 e. The lowest BCUT2D eigenvalue weighted by molar-refractivity contribution is -0.140. The zero-order valence-electron chi connectivity index (χ0n) is 20.1. The minimum atomic E-state index is -0.898. The highest BCUT2D eigenvalue weighted by Crippen LogP contribution is 2.45. The van der Waals surface area contributed by atoms with Crippen LogP contribution in [0.2, 0.25) is 0 Å². The second-order valence-corrected chi connectivity index (χ2v) is 7.62. The van der Waals surface area contributed by atoms with Crippen LogP contribution in [0, 0.1) is 6.92 Å².